The third-order valence-corrected chi connectivity index (χ3v) is 3.46. The van der Waals surface area contributed by atoms with E-state index in [4.69, 9.17) is 0 Å². The van der Waals surface area contributed by atoms with Gasteiger partial charge in [0.2, 0.25) is 17.7 Å². The highest BCUT2D eigenvalue weighted by Gasteiger charge is 2.31. The molecule has 1 saturated heterocycles. The van der Waals surface area contributed by atoms with Gasteiger partial charge in [-0.3, -0.25) is 14.4 Å². The molecule has 21 heavy (non-hydrogen) atoms. The van der Waals surface area contributed by atoms with Gasteiger partial charge in [-0.15, -0.1) is 17.0 Å². The number of likely N-dealkylation sites (tertiary alicyclic amines) is 1. The second kappa shape index (κ2) is 9.02. The Bertz CT molecular complexity index is 382. The summed E-state index contributed by atoms with van der Waals surface area (Å²) in [5.74, 6) is -0.608. The Morgan fingerprint density at radius 3 is 1.95 bits per heavy atom. The van der Waals surface area contributed by atoms with Crippen LogP contribution in [0.5, 0.6) is 0 Å². The first-order chi connectivity index (χ1) is 9.32. The fraction of sp³-hybridized carbons (Fsp3) is 0.786. The molecule has 122 valence electrons. The van der Waals surface area contributed by atoms with Crippen molar-refractivity contribution in [1.82, 2.24) is 15.5 Å². The molecule has 0 aromatic rings. The molecule has 2 N–H and O–H groups in total. The smallest absolute Gasteiger partial charge is 0.245 e. The highest BCUT2D eigenvalue weighted by Crippen LogP contribution is 2.13. The van der Waals surface area contributed by atoms with Gasteiger partial charge < -0.3 is 15.5 Å². The van der Waals surface area contributed by atoms with E-state index in [0.717, 1.165) is 25.9 Å². The highest BCUT2D eigenvalue weighted by molar-refractivity contribution is 8.93. The van der Waals surface area contributed by atoms with Gasteiger partial charge in [-0.25, -0.2) is 0 Å². The van der Waals surface area contributed by atoms with E-state index in [2.05, 4.69) is 10.6 Å². The zero-order chi connectivity index (χ0) is 15.3. The molecule has 0 saturated carbocycles. The Labute approximate surface area is 136 Å². The van der Waals surface area contributed by atoms with E-state index in [-0.39, 0.29) is 40.6 Å². The zero-order valence-electron chi connectivity index (χ0n) is 13.1. The first-order valence-electron chi connectivity index (χ1n) is 7.19. The van der Waals surface area contributed by atoms with Crippen LogP contribution in [-0.4, -0.2) is 47.8 Å². The molecule has 3 amide bonds. The normalized spacial score (nSPS) is 16.9. The molecular formula is C14H26BrN3O3. The molecule has 0 aromatic heterocycles. The largest absolute Gasteiger partial charge is 0.345 e. The molecule has 1 heterocycles. The standard InChI is InChI=1S/C14H25N3O3.BrH/c1-9(2)12(14(20)17-7-5-6-8-17)16-13(19)10(3)15-11(4)18;/h9-10,12H,5-8H2,1-4H3,(H,15,18)(H,16,19);1H. The van der Waals surface area contributed by atoms with Crippen LogP contribution < -0.4 is 10.6 Å². The first kappa shape index (κ1) is 19.9. The fourth-order valence-electron chi connectivity index (χ4n) is 2.30. The van der Waals surface area contributed by atoms with Crippen molar-refractivity contribution in [3.8, 4) is 0 Å². The number of amides is 3. The second-order valence-corrected chi connectivity index (χ2v) is 5.68. The van der Waals surface area contributed by atoms with Crippen LogP contribution >= 0.6 is 17.0 Å². The molecule has 2 unspecified atom stereocenters. The van der Waals surface area contributed by atoms with Crippen molar-refractivity contribution in [3.63, 3.8) is 0 Å². The Morgan fingerprint density at radius 1 is 1.00 bits per heavy atom. The number of carbonyl (C=O) groups is 3. The van der Waals surface area contributed by atoms with Crippen molar-refractivity contribution in [2.24, 2.45) is 5.92 Å². The summed E-state index contributed by atoms with van der Waals surface area (Å²) < 4.78 is 0. The molecule has 6 nitrogen and oxygen atoms in total. The van der Waals surface area contributed by atoms with Gasteiger partial charge >= 0.3 is 0 Å². The third kappa shape index (κ3) is 6.03. The van der Waals surface area contributed by atoms with E-state index >= 15 is 0 Å². The molecule has 7 heteroatoms. The highest BCUT2D eigenvalue weighted by atomic mass is 79.9. The molecule has 0 radical (unpaired) electrons. The number of nitrogens with one attached hydrogen (secondary N) is 2. The predicted octanol–water partition coefficient (Wildman–Crippen LogP) is 0.852. The summed E-state index contributed by atoms with van der Waals surface area (Å²) in [5.41, 5.74) is 0. The lowest BCUT2D eigenvalue weighted by atomic mass is 10.0. The minimum absolute atomic E-state index is 0. The van der Waals surface area contributed by atoms with Crippen LogP contribution in [-0.2, 0) is 14.4 Å². The van der Waals surface area contributed by atoms with E-state index in [1.807, 2.05) is 13.8 Å². The van der Waals surface area contributed by atoms with Gasteiger partial charge in [0.1, 0.15) is 12.1 Å². The Hall–Kier alpha value is -1.11. The van der Waals surface area contributed by atoms with E-state index in [1.165, 1.54) is 6.92 Å². The van der Waals surface area contributed by atoms with Crippen LogP contribution in [0.2, 0.25) is 0 Å². The van der Waals surface area contributed by atoms with Crippen LogP contribution in [0, 0.1) is 5.92 Å². The molecule has 1 rings (SSSR count). The molecule has 1 aliphatic heterocycles. The molecule has 1 aliphatic rings. The maximum Gasteiger partial charge on any atom is 0.245 e. The molecule has 0 bridgehead atoms. The Balaban J connectivity index is 0.00000400. The maximum absolute atomic E-state index is 12.4. The van der Waals surface area contributed by atoms with Crippen molar-refractivity contribution >= 4 is 34.7 Å². The van der Waals surface area contributed by atoms with Gasteiger partial charge in [0.15, 0.2) is 0 Å². The summed E-state index contributed by atoms with van der Waals surface area (Å²) in [6, 6.07) is -1.17. The zero-order valence-corrected chi connectivity index (χ0v) is 14.9. The van der Waals surface area contributed by atoms with Crippen LogP contribution in [0.15, 0.2) is 0 Å². The van der Waals surface area contributed by atoms with E-state index in [9.17, 15) is 14.4 Å². The minimum atomic E-state index is -0.639. The lowest BCUT2D eigenvalue weighted by molar-refractivity contribution is -0.137. The SMILES string of the molecule is Br.CC(=O)NC(C)C(=O)NC(C(=O)N1CCCC1)C(C)C. The van der Waals surface area contributed by atoms with Crippen LogP contribution in [0.3, 0.4) is 0 Å². The quantitative estimate of drug-likeness (QED) is 0.759. The predicted molar refractivity (Wildman–Crippen MR) is 86.2 cm³/mol. The number of rotatable bonds is 5. The number of halogens is 1. The van der Waals surface area contributed by atoms with Gasteiger partial charge in [-0.05, 0) is 25.7 Å². The van der Waals surface area contributed by atoms with Gasteiger partial charge in [-0.1, -0.05) is 13.8 Å². The van der Waals surface area contributed by atoms with Gasteiger partial charge in [0.05, 0.1) is 0 Å². The summed E-state index contributed by atoms with van der Waals surface area (Å²) in [7, 11) is 0. The van der Waals surface area contributed by atoms with E-state index in [1.54, 1.807) is 11.8 Å². The lowest BCUT2D eigenvalue weighted by Crippen LogP contribution is -2.54. The van der Waals surface area contributed by atoms with Gasteiger partial charge in [-0.2, -0.15) is 0 Å². The van der Waals surface area contributed by atoms with E-state index < -0.39 is 12.1 Å². The van der Waals surface area contributed by atoms with Crippen LogP contribution in [0.25, 0.3) is 0 Å². The number of hydrogen-bond acceptors (Lipinski definition) is 3. The summed E-state index contributed by atoms with van der Waals surface area (Å²) in [6.45, 7) is 8.30. The average Bonchev–Trinajstić information content (AvgIpc) is 2.87. The molecule has 0 aromatic carbocycles. The van der Waals surface area contributed by atoms with Crippen molar-refractivity contribution in [1.29, 1.82) is 0 Å². The van der Waals surface area contributed by atoms with Crippen LogP contribution in [0.4, 0.5) is 0 Å². The van der Waals surface area contributed by atoms with Gasteiger partial charge in [0, 0.05) is 20.0 Å². The molecular weight excluding hydrogens is 338 g/mol. The fourth-order valence-corrected chi connectivity index (χ4v) is 2.30. The third-order valence-electron chi connectivity index (χ3n) is 3.46. The van der Waals surface area contributed by atoms with E-state index in [0.29, 0.717) is 0 Å². The Morgan fingerprint density at radius 2 is 1.52 bits per heavy atom. The minimum Gasteiger partial charge on any atom is -0.345 e. The van der Waals surface area contributed by atoms with Crippen LogP contribution in [0.1, 0.15) is 40.5 Å². The summed E-state index contributed by atoms with van der Waals surface area (Å²) >= 11 is 0. The summed E-state index contributed by atoms with van der Waals surface area (Å²) in [5, 5.41) is 5.27. The number of hydrogen-bond donors (Lipinski definition) is 2. The molecule has 0 aliphatic carbocycles. The monoisotopic (exact) mass is 363 g/mol. The number of carbonyl (C=O) groups excluding carboxylic acids is 3. The second-order valence-electron chi connectivity index (χ2n) is 5.68. The van der Waals surface area contributed by atoms with Crippen molar-refractivity contribution in [3.05, 3.63) is 0 Å². The van der Waals surface area contributed by atoms with Gasteiger partial charge in [0.25, 0.3) is 0 Å². The van der Waals surface area contributed by atoms with Crippen molar-refractivity contribution in [2.75, 3.05) is 13.1 Å². The Kier molecular flexibility index (Phi) is 8.54. The van der Waals surface area contributed by atoms with Crippen molar-refractivity contribution in [2.45, 2.75) is 52.6 Å². The number of nitrogens with zero attached hydrogens (tertiary/aromatic N) is 1. The maximum atomic E-state index is 12.4. The summed E-state index contributed by atoms with van der Waals surface area (Å²) in [4.78, 5) is 37.2. The molecule has 0 spiro atoms. The molecule has 1 fully saturated rings. The summed E-state index contributed by atoms with van der Waals surface area (Å²) in [6.07, 6.45) is 2.04. The average molecular weight is 364 g/mol. The molecule has 2 atom stereocenters. The first-order valence-corrected chi connectivity index (χ1v) is 7.19. The van der Waals surface area contributed by atoms with Crippen molar-refractivity contribution < 1.29 is 14.4 Å². The lowest BCUT2D eigenvalue weighted by Gasteiger charge is -2.27. The topological polar surface area (TPSA) is 78.5 Å².